The van der Waals surface area contributed by atoms with E-state index in [1.165, 1.54) is 44.4 Å². The number of methoxy groups -OCH3 is 1. The highest BCUT2D eigenvalue weighted by Crippen LogP contribution is 2.31. The molecule has 1 fully saturated rings. The molecule has 2 aromatic carbocycles. The lowest BCUT2D eigenvalue weighted by Gasteiger charge is -2.26. The molecule has 1 aliphatic rings. The molecule has 1 heterocycles. The first-order chi connectivity index (χ1) is 15.7. The Bertz CT molecular complexity index is 1140. The van der Waals surface area contributed by atoms with Crippen LogP contribution in [0.15, 0.2) is 48.0 Å². The van der Waals surface area contributed by atoms with E-state index in [1.54, 1.807) is 25.1 Å². The number of carboxylic acids is 1. The van der Waals surface area contributed by atoms with Crippen LogP contribution < -0.4 is 24.4 Å². The third-order valence-corrected chi connectivity index (χ3v) is 4.64. The number of benzene rings is 2. The predicted octanol–water partition coefficient (Wildman–Crippen LogP) is 2.61. The summed E-state index contributed by atoms with van der Waals surface area (Å²) in [7, 11) is 1.37. The normalized spacial score (nSPS) is 15.8. The Balaban J connectivity index is 1.94. The third kappa shape index (κ3) is 5.12. The summed E-state index contributed by atoms with van der Waals surface area (Å²) >= 11 is 0. The van der Waals surface area contributed by atoms with Gasteiger partial charge in [0, 0.05) is 6.07 Å². The fraction of sp³-hybridized carbons (Fsp3) is 0.217. The molecule has 0 radical (unpaired) electrons. The molecule has 0 aliphatic carbocycles. The summed E-state index contributed by atoms with van der Waals surface area (Å²) in [5, 5.41) is 11.2. The summed E-state index contributed by atoms with van der Waals surface area (Å²) in [5.74, 6) is -1.95. The molecular weight excluding hydrogens is 432 g/mol. The molecule has 10 nitrogen and oxygen atoms in total. The van der Waals surface area contributed by atoms with Crippen molar-refractivity contribution in [3.63, 3.8) is 0 Å². The van der Waals surface area contributed by atoms with Crippen molar-refractivity contribution in [2.45, 2.75) is 20.0 Å². The highest BCUT2D eigenvalue weighted by Gasteiger charge is 2.37. The van der Waals surface area contributed by atoms with Crippen molar-refractivity contribution >= 4 is 35.6 Å². The van der Waals surface area contributed by atoms with E-state index >= 15 is 0 Å². The van der Waals surface area contributed by atoms with Crippen molar-refractivity contribution in [2.75, 3.05) is 18.6 Å². The quantitative estimate of drug-likeness (QED) is 0.460. The summed E-state index contributed by atoms with van der Waals surface area (Å²) in [4.78, 5) is 49.8. The van der Waals surface area contributed by atoms with E-state index in [2.05, 4.69) is 5.32 Å². The van der Waals surface area contributed by atoms with E-state index in [1.807, 2.05) is 0 Å². The van der Waals surface area contributed by atoms with Crippen molar-refractivity contribution in [3.8, 4) is 17.2 Å². The molecule has 0 aromatic heterocycles. The number of imide groups is 2. The van der Waals surface area contributed by atoms with Gasteiger partial charge >= 0.3 is 12.0 Å². The van der Waals surface area contributed by atoms with Gasteiger partial charge in [0.2, 0.25) is 0 Å². The molecule has 172 valence electrons. The highest BCUT2D eigenvalue weighted by atomic mass is 16.5. The van der Waals surface area contributed by atoms with Crippen LogP contribution in [-0.4, -0.2) is 48.7 Å². The van der Waals surface area contributed by atoms with Gasteiger partial charge in [-0.2, -0.15) is 0 Å². The highest BCUT2D eigenvalue weighted by molar-refractivity contribution is 6.39. The maximum absolute atomic E-state index is 13.1. The number of hydrogen-bond acceptors (Lipinski definition) is 7. The number of rotatable bonds is 8. The zero-order valence-corrected chi connectivity index (χ0v) is 18.2. The van der Waals surface area contributed by atoms with E-state index in [9.17, 15) is 19.2 Å². The molecule has 2 aromatic rings. The average molecular weight is 454 g/mol. The van der Waals surface area contributed by atoms with Gasteiger partial charge in [0.05, 0.1) is 19.4 Å². The van der Waals surface area contributed by atoms with Crippen LogP contribution in [0.2, 0.25) is 0 Å². The van der Waals surface area contributed by atoms with Gasteiger partial charge in [-0.1, -0.05) is 12.1 Å². The number of ether oxygens (including phenoxy) is 3. The minimum atomic E-state index is -1.15. The van der Waals surface area contributed by atoms with Crippen LogP contribution in [0.5, 0.6) is 17.2 Å². The Labute approximate surface area is 189 Å². The number of nitrogens with one attached hydrogen (secondary N) is 1. The molecule has 2 N–H and O–H groups in total. The standard InChI is InChI=1S/C23H22N2O8/c1-4-32-16-7-5-6-15(12-16)25-21(27)17(20(26)24-23(25)30)10-14-8-9-18(19(11-14)31-3)33-13(2)22(28)29/h5-13H,4H2,1-3H3,(H,28,29)(H,24,26,30)/b17-10+/t13-/m0/s1. The maximum Gasteiger partial charge on any atom is 0.344 e. The number of carboxylic acid groups (broad SMARTS) is 1. The first kappa shape index (κ1) is 23.3. The minimum Gasteiger partial charge on any atom is -0.494 e. The monoisotopic (exact) mass is 454 g/mol. The Morgan fingerprint density at radius 2 is 1.91 bits per heavy atom. The third-order valence-electron chi connectivity index (χ3n) is 4.64. The number of aliphatic carboxylic acids is 1. The largest absolute Gasteiger partial charge is 0.494 e. The smallest absolute Gasteiger partial charge is 0.344 e. The maximum atomic E-state index is 13.1. The molecule has 3 rings (SSSR count). The van der Waals surface area contributed by atoms with Crippen molar-refractivity contribution in [2.24, 2.45) is 0 Å². The molecule has 0 spiro atoms. The van der Waals surface area contributed by atoms with Gasteiger partial charge in [-0.05, 0) is 49.8 Å². The second-order valence-corrected chi connectivity index (χ2v) is 6.90. The number of urea groups is 1. The van der Waals surface area contributed by atoms with Crippen LogP contribution in [0.4, 0.5) is 10.5 Å². The van der Waals surface area contributed by atoms with Crippen molar-refractivity contribution in [3.05, 3.63) is 53.6 Å². The van der Waals surface area contributed by atoms with Gasteiger partial charge in [-0.15, -0.1) is 0 Å². The molecule has 4 amide bonds. The predicted molar refractivity (Wildman–Crippen MR) is 117 cm³/mol. The van der Waals surface area contributed by atoms with E-state index < -0.39 is 29.9 Å². The molecule has 1 atom stereocenters. The fourth-order valence-electron chi connectivity index (χ4n) is 3.05. The van der Waals surface area contributed by atoms with Crippen LogP contribution in [0.1, 0.15) is 19.4 Å². The lowest BCUT2D eigenvalue weighted by atomic mass is 10.1. The molecule has 1 saturated heterocycles. The number of amides is 4. The van der Waals surface area contributed by atoms with E-state index in [-0.39, 0.29) is 22.8 Å². The molecule has 10 heteroatoms. The number of hydrogen-bond donors (Lipinski definition) is 2. The second-order valence-electron chi connectivity index (χ2n) is 6.90. The summed E-state index contributed by atoms with van der Waals surface area (Å²) < 4.78 is 16.0. The van der Waals surface area contributed by atoms with Gasteiger partial charge in [0.15, 0.2) is 17.6 Å². The number of anilines is 1. The first-order valence-electron chi connectivity index (χ1n) is 9.97. The lowest BCUT2D eigenvalue weighted by Crippen LogP contribution is -2.54. The van der Waals surface area contributed by atoms with Crippen LogP contribution in [0.25, 0.3) is 6.08 Å². The zero-order chi connectivity index (χ0) is 24.1. The van der Waals surface area contributed by atoms with Crippen LogP contribution in [0.3, 0.4) is 0 Å². The van der Waals surface area contributed by atoms with Crippen LogP contribution in [-0.2, 0) is 14.4 Å². The Kier molecular flexibility index (Phi) is 6.97. The van der Waals surface area contributed by atoms with E-state index in [0.29, 0.717) is 17.9 Å². The summed E-state index contributed by atoms with van der Waals surface area (Å²) in [6, 6.07) is 9.97. The van der Waals surface area contributed by atoms with Crippen molar-refractivity contribution in [1.29, 1.82) is 0 Å². The van der Waals surface area contributed by atoms with Gasteiger partial charge in [0.25, 0.3) is 11.8 Å². The number of carbonyl (C=O) groups is 4. The summed E-state index contributed by atoms with van der Waals surface area (Å²) in [6.07, 6.45) is 0.192. The Morgan fingerprint density at radius 3 is 2.58 bits per heavy atom. The Hall–Kier alpha value is -4.34. The SMILES string of the molecule is CCOc1cccc(N2C(=O)NC(=O)/C(=C\c3ccc(O[C@@H](C)C(=O)O)c(OC)c3)C2=O)c1. The summed E-state index contributed by atoms with van der Waals surface area (Å²) in [6.45, 7) is 3.58. The number of barbiturate groups is 1. The molecule has 0 bridgehead atoms. The molecule has 1 aliphatic heterocycles. The number of carbonyl (C=O) groups excluding carboxylic acids is 3. The topological polar surface area (TPSA) is 131 Å². The van der Waals surface area contributed by atoms with Crippen molar-refractivity contribution < 1.29 is 38.5 Å². The first-order valence-corrected chi connectivity index (χ1v) is 9.97. The molecule has 33 heavy (non-hydrogen) atoms. The number of nitrogens with zero attached hydrogens (tertiary/aromatic N) is 1. The Morgan fingerprint density at radius 1 is 1.15 bits per heavy atom. The van der Waals surface area contributed by atoms with Gasteiger partial charge in [-0.25, -0.2) is 14.5 Å². The summed E-state index contributed by atoms with van der Waals surface area (Å²) in [5.41, 5.74) is 0.370. The van der Waals surface area contributed by atoms with Gasteiger partial charge in [0.1, 0.15) is 11.3 Å². The van der Waals surface area contributed by atoms with Gasteiger partial charge in [-0.3, -0.25) is 14.9 Å². The van der Waals surface area contributed by atoms with Gasteiger partial charge < -0.3 is 19.3 Å². The van der Waals surface area contributed by atoms with E-state index in [0.717, 1.165) is 4.90 Å². The minimum absolute atomic E-state index is 0.179. The molecule has 0 unspecified atom stereocenters. The zero-order valence-electron chi connectivity index (χ0n) is 18.2. The van der Waals surface area contributed by atoms with E-state index in [4.69, 9.17) is 19.3 Å². The van der Waals surface area contributed by atoms with Crippen LogP contribution >= 0.6 is 0 Å². The lowest BCUT2D eigenvalue weighted by molar-refractivity contribution is -0.144. The average Bonchev–Trinajstić information content (AvgIpc) is 2.77. The molecular formula is C23H22N2O8. The van der Waals surface area contributed by atoms with Crippen molar-refractivity contribution in [1.82, 2.24) is 5.32 Å². The second kappa shape index (κ2) is 9.86. The fourth-order valence-corrected chi connectivity index (χ4v) is 3.05. The van der Waals surface area contributed by atoms with Crippen LogP contribution in [0, 0.1) is 0 Å². The molecule has 0 saturated carbocycles.